The van der Waals surface area contributed by atoms with Gasteiger partial charge < -0.3 is 9.29 Å². The van der Waals surface area contributed by atoms with Crippen LogP contribution in [-0.2, 0) is 16.0 Å². The average molecular weight is 178 g/mol. The van der Waals surface area contributed by atoms with Crippen molar-refractivity contribution in [3.05, 3.63) is 0 Å². The molecule has 1 rings (SSSR count). The van der Waals surface area contributed by atoms with Crippen LogP contribution < -0.4 is 0 Å². The minimum Gasteiger partial charge on any atom is -0.760 e. The van der Waals surface area contributed by atoms with Gasteiger partial charge in [0.2, 0.25) is 0 Å². The SMILES string of the molecule is COC1CCN(S(=O)[O-])CC1. The van der Waals surface area contributed by atoms with Crippen LogP contribution in [0.5, 0.6) is 0 Å². The molecule has 0 aromatic heterocycles. The monoisotopic (exact) mass is 178 g/mol. The summed E-state index contributed by atoms with van der Waals surface area (Å²) >= 11 is -2.04. The molecule has 0 amide bonds. The Morgan fingerprint density at radius 2 is 2.09 bits per heavy atom. The van der Waals surface area contributed by atoms with Gasteiger partial charge in [0.15, 0.2) is 0 Å². The number of nitrogens with zero attached hydrogens (tertiary/aromatic N) is 1. The molecule has 1 fully saturated rings. The normalized spacial score (nSPS) is 25.3. The molecule has 0 aliphatic carbocycles. The van der Waals surface area contributed by atoms with E-state index < -0.39 is 11.3 Å². The minimum absolute atomic E-state index is 0.245. The number of hydrogen-bond donors (Lipinski definition) is 0. The summed E-state index contributed by atoms with van der Waals surface area (Å²) in [6.07, 6.45) is 1.87. The molecule has 1 heterocycles. The third kappa shape index (κ3) is 2.52. The van der Waals surface area contributed by atoms with Gasteiger partial charge in [-0.15, -0.1) is 0 Å². The fraction of sp³-hybridized carbons (Fsp3) is 1.00. The molecule has 0 aromatic carbocycles. The van der Waals surface area contributed by atoms with Gasteiger partial charge in [0, 0.05) is 31.5 Å². The predicted molar refractivity (Wildman–Crippen MR) is 40.5 cm³/mol. The molecule has 11 heavy (non-hydrogen) atoms. The molecule has 0 N–H and O–H groups in total. The van der Waals surface area contributed by atoms with E-state index in [1.807, 2.05) is 0 Å². The van der Waals surface area contributed by atoms with Crippen molar-refractivity contribution < 1.29 is 13.5 Å². The van der Waals surface area contributed by atoms with E-state index in [4.69, 9.17) is 4.74 Å². The predicted octanol–water partition coefficient (Wildman–Crippen LogP) is -0.109. The molecule has 1 aliphatic rings. The lowest BCUT2D eigenvalue weighted by Gasteiger charge is -2.31. The topological polar surface area (TPSA) is 52.6 Å². The number of rotatable bonds is 2. The fourth-order valence-corrected chi connectivity index (χ4v) is 1.73. The molecule has 1 aliphatic heterocycles. The van der Waals surface area contributed by atoms with Crippen molar-refractivity contribution in [2.45, 2.75) is 18.9 Å². The molecule has 0 bridgehead atoms. The first-order valence-corrected chi connectivity index (χ1v) is 4.64. The zero-order valence-electron chi connectivity index (χ0n) is 6.49. The lowest BCUT2D eigenvalue weighted by molar-refractivity contribution is 0.0600. The van der Waals surface area contributed by atoms with Crippen LogP contribution in [0, 0.1) is 0 Å². The van der Waals surface area contributed by atoms with E-state index in [1.165, 1.54) is 4.31 Å². The highest BCUT2D eigenvalue weighted by molar-refractivity contribution is 7.76. The smallest absolute Gasteiger partial charge is 0.0596 e. The van der Waals surface area contributed by atoms with Crippen LogP contribution in [0.15, 0.2) is 0 Å². The third-order valence-electron chi connectivity index (χ3n) is 1.95. The van der Waals surface area contributed by atoms with E-state index in [-0.39, 0.29) is 6.10 Å². The molecule has 5 heteroatoms. The van der Waals surface area contributed by atoms with Crippen molar-refractivity contribution in [3.63, 3.8) is 0 Å². The number of hydrogen-bond acceptors (Lipinski definition) is 3. The maximum atomic E-state index is 10.4. The van der Waals surface area contributed by atoms with E-state index in [0.717, 1.165) is 12.8 Å². The van der Waals surface area contributed by atoms with Gasteiger partial charge in [-0.1, -0.05) is 0 Å². The van der Waals surface area contributed by atoms with Gasteiger partial charge in [-0.3, -0.25) is 4.21 Å². The van der Waals surface area contributed by atoms with Crippen LogP contribution in [0.3, 0.4) is 0 Å². The molecule has 0 spiro atoms. The van der Waals surface area contributed by atoms with Crippen molar-refractivity contribution in [3.8, 4) is 0 Å². The summed E-state index contributed by atoms with van der Waals surface area (Å²) in [6.45, 7) is 1.18. The quantitative estimate of drug-likeness (QED) is 0.554. The summed E-state index contributed by atoms with van der Waals surface area (Å²) in [4.78, 5) is 0. The van der Waals surface area contributed by atoms with Gasteiger partial charge in [0.1, 0.15) is 0 Å². The summed E-state index contributed by atoms with van der Waals surface area (Å²) in [5, 5.41) is 0. The highest BCUT2D eigenvalue weighted by Crippen LogP contribution is 2.13. The first-order chi connectivity index (χ1) is 5.24. The van der Waals surface area contributed by atoms with E-state index in [9.17, 15) is 8.76 Å². The summed E-state index contributed by atoms with van der Waals surface area (Å²) < 4.78 is 27.4. The molecule has 4 nitrogen and oxygen atoms in total. The van der Waals surface area contributed by atoms with Crippen LogP contribution in [0.4, 0.5) is 0 Å². The second-order valence-corrected chi connectivity index (χ2v) is 3.53. The molecule has 1 saturated heterocycles. The number of piperidine rings is 1. The van der Waals surface area contributed by atoms with Gasteiger partial charge in [0.25, 0.3) is 0 Å². The standard InChI is InChI=1S/C6H13NO3S/c1-10-6-2-4-7(5-3-6)11(8)9/h6H,2-5H2,1H3,(H,8,9)/p-1. The maximum Gasteiger partial charge on any atom is 0.0596 e. The number of methoxy groups -OCH3 is 1. The van der Waals surface area contributed by atoms with Crippen molar-refractivity contribution in [1.29, 1.82) is 0 Å². The van der Waals surface area contributed by atoms with Crippen LogP contribution in [0.1, 0.15) is 12.8 Å². The Morgan fingerprint density at radius 3 is 2.45 bits per heavy atom. The van der Waals surface area contributed by atoms with E-state index in [1.54, 1.807) is 7.11 Å². The molecule has 0 aromatic rings. The Labute approximate surface area is 68.9 Å². The Kier molecular flexibility index (Phi) is 3.45. The van der Waals surface area contributed by atoms with Gasteiger partial charge >= 0.3 is 0 Å². The third-order valence-corrected chi connectivity index (χ3v) is 2.73. The molecule has 66 valence electrons. The van der Waals surface area contributed by atoms with E-state index in [2.05, 4.69) is 0 Å². The van der Waals surface area contributed by atoms with Crippen molar-refractivity contribution >= 4 is 11.3 Å². The first kappa shape index (κ1) is 9.12. The van der Waals surface area contributed by atoms with Gasteiger partial charge in [-0.2, -0.15) is 0 Å². The van der Waals surface area contributed by atoms with E-state index >= 15 is 0 Å². The maximum absolute atomic E-state index is 10.4. The summed E-state index contributed by atoms with van der Waals surface area (Å²) in [5.41, 5.74) is 0. The van der Waals surface area contributed by atoms with Crippen LogP contribution in [-0.4, -0.2) is 39.4 Å². The second-order valence-electron chi connectivity index (χ2n) is 2.58. The molecule has 0 saturated carbocycles. The van der Waals surface area contributed by atoms with Gasteiger partial charge in [-0.25, -0.2) is 4.31 Å². The van der Waals surface area contributed by atoms with Crippen LogP contribution >= 0.6 is 0 Å². The summed E-state index contributed by atoms with van der Waals surface area (Å²) in [7, 11) is 1.66. The second kappa shape index (κ2) is 4.15. The Balaban J connectivity index is 2.30. The van der Waals surface area contributed by atoms with Crippen molar-refractivity contribution in [2.24, 2.45) is 0 Å². The summed E-state index contributed by atoms with van der Waals surface area (Å²) in [6, 6.07) is 0. The fourth-order valence-electron chi connectivity index (χ4n) is 1.22. The molecular formula is C6H12NO3S-. The average Bonchev–Trinajstić information content (AvgIpc) is 2.05. The Bertz CT molecular complexity index is 145. The van der Waals surface area contributed by atoms with E-state index in [0.29, 0.717) is 13.1 Å². The van der Waals surface area contributed by atoms with Crippen molar-refractivity contribution in [2.75, 3.05) is 20.2 Å². The zero-order valence-corrected chi connectivity index (χ0v) is 7.30. The lowest BCUT2D eigenvalue weighted by atomic mass is 10.1. The highest BCUT2D eigenvalue weighted by atomic mass is 32.2. The minimum atomic E-state index is -2.04. The van der Waals surface area contributed by atoms with Gasteiger partial charge in [0.05, 0.1) is 6.10 Å². The molecule has 1 unspecified atom stereocenters. The van der Waals surface area contributed by atoms with Crippen LogP contribution in [0.25, 0.3) is 0 Å². The number of ether oxygens (including phenoxy) is 1. The molecular weight excluding hydrogens is 166 g/mol. The largest absolute Gasteiger partial charge is 0.760 e. The highest BCUT2D eigenvalue weighted by Gasteiger charge is 2.18. The first-order valence-electron chi connectivity index (χ1n) is 3.61. The zero-order chi connectivity index (χ0) is 8.27. The Morgan fingerprint density at radius 1 is 1.55 bits per heavy atom. The molecule has 0 radical (unpaired) electrons. The van der Waals surface area contributed by atoms with Crippen LogP contribution in [0.2, 0.25) is 0 Å². The Hall–Kier alpha value is 0.0300. The van der Waals surface area contributed by atoms with Crippen molar-refractivity contribution in [1.82, 2.24) is 4.31 Å². The van der Waals surface area contributed by atoms with Gasteiger partial charge in [-0.05, 0) is 12.8 Å². The summed E-state index contributed by atoms with van der Waals surface area (Å²) in [5.74, 6) is 0. The lowest BCUT2D eigenvalue weighted by Crippen LogP contribution is -2.37. The molecule has 1 atom stereocenters.